The third-order valence-corrected chi connectivity index (χ3v) is 4.92. The van der Waals surface area contributed by atoms with E-state index in [9.17, 15) is 4.79 Å². The number of fused-ring (bicyclic) bond motifs is 1. The predicted octanol–water partition coefficient (Wildman–Crippen LogP) is 4.33. The fourth-order valence-corrected chi connectivity index (χ4v) is 3.43. The highest BCUT2D eigenvalue weighted by Crippen LogP contribution is 2.25. The van der Waals surface area contributed by atoms with Crippen LogP contribution < -0.4 is 14.8 Å². The molecular formula is C20H17N3O3S. The van der Waals surface area contributed by atoms with E-state index in [1.54, 1.807) is 43.8 Å². The topological polar surface area (TPSA) is 64.9 Å². The van der Waals surface area contributed by atoms with Crippen LogP contribution in [0, 0.1) is 0 Å². The molecule has 0 atom stereocenters. The second-order valence-corrected chi connectivity index (χ2v) is 6.72. The number of amides is 1. The van der Waals surface area contributed by atoms with Crippen molar-refractivity contribution in [2.75, 3.05) is 19.5 Å². The summed E-state index contributed by atoms with van der Waals surface area (Å²) in [5.41, 5.74) is 3.06. The van der Waals surface area contributed by atoms with E-state index in [0.717, 1.165) is 16.2 Å². The quantitative estimate of drug-likeness (QED) is 0.560. The highest BCUT2D eigenvalue weighted by molar-refractivity contribution is 7.15. The zero-order valence-electron chi connectivity index (χ0n) is 14.8. The molecule has 1 amide bonds. The van der Waals surface area contributed by atoms with Crippen molar-refractivity contribution in [1.82, 2.24) is 9.38 Å². The Labute approximate surface area is 160 Å². The lowest BCUT2D eigenvalue weighted by molar-refractivity contribution is 0.102. The number of hydrogen-bond donors (Lipinski definition) is 1. The lowest BCUT2D eigenvalue weighted by Gasteiger charge is -2.09. The average Bonchev–Trinajstić information content (AvgIpc) is 3.30. The lowest BCUT2D eigenvalue weighted by atomic mass is 10.1. The fraction of sp³-hybridized carbons (Fsp3) is 0.100. The van der Waals surface area contributed by atoms with Gasteiger partial charge in [-0.2, -0.15) is 0 Å². The summed E-state index contributed by atoms with van der Waals surface area (Å²) in [6.45, 7) is 0. The van der Waals surface area contributed by atoms with Gasteiger partial charge in [-0.05, 0) is 24.3 Å². The zero-order chi connectivity index (χ0) is 18.8. The third kappa shape index (κ3) is 3.50. The molecule has 0 saturated carbocycles. The molecule has 7 heteroatoms. The number of benzene rings is 2. The van der Waals surface area contributed by atoms with Crippen molar-refractivity contribution >= 4 is 27.9 Å². The van der Waals surface area contributed by atoms with Gasteiger partial charge in [-0.25, -0.2) is 4.98 Å². The first kappa shape index (κ1) is 17.1. The number of thiazole rings is 1. The van der Waals surface area contributed by atoms with Gasteiger partial charge in [-0.1, -0.05) is 12.1 Å². The van der Waals surface area contributed by atoms with E-state index in [-0.39, 0.29) is 5.91 Å². The van der Waals surface area contributed by atoms with Crippen molar-refractivity contribution in [3.63, 3.8) is 0 Å². The van der Waals surface area contributed by atoms with E-state index in [1.165, 1.54) is 0 Å². The second kappa shape index (κ2) is 7.13. The Morgan fingerprint density at radius 2 is 1.78 bits per heavy atom. The summed E-state index contributed by atoms with van der Waals surface area (Å²) in [4.78, 5) is 18.1. The number of hydrogen-bond acceptors (Lipinski definition) is 5. The van der Waals surface area contributed by atoms with Crippen molar-refractivity contribution in [2.24, 2.45) is 0 Å². The molecule has 0 fully saturated rings. The first-order chi connectivity index (χ1) is 13.2. The molecule has 4 aromatic rings. The van der Waals surface area contributed by atoms with E-state index in [4.69, 9.17) is 9.47 Å². The van der Waals surface area contributed by atoms with Gasteiger partial charge in [0, 0.05) is 40.7 Å². The van der Waals surface area contributed by atoms with Crippen LogP contribution in [0.1, 0.15) is 10.4 Å². The van der Waals surface area contributed by atoms with Crippen molar-refractivity contribution in [3.8, 4) is 22.8 Å². The van der Waals surface area contributed by atoms with Gasteiger partial charge in [0.15, 0.2) is 4.96 Å². The Morgan fingerprint density at radius 3 is 2.41 bits per heavy atom. The smallest absolute Gasteiger partial charge is 0.255 e. The summed E-state index contributed by atoms with van der Waals surface area (Å²) in [5.74, 6) is 0.895. The van der Waals surface area contributed by atoms with Crippen molar-refractivity contribution in [2.45, 2.75) is 0 Å². The number of carbonyl (C=O) groups is 1. The number of nitrogens with one attached hydrogen (secondary N) is 1. The molecule has 0 saturated heterocycles. The van der Waals surface area contributed by atoms with Crippen molar-refractivity contribution < 1.29 is 14.3 Å². The average molecular weight is 379 g/mol. The van der Waals surface area contributed by atoms with Crippen LogP contribution >= 0.6 is 11.3 Å². The summed E-state index contributed by atoms with van der Waals surface area (Å²) in [5, 5.41) is 4.89. The molecule has 2 aromatic heterocycles. The standard InChI is InChI=1S/C20H17N3O3S/c1-25-16-9-14(10-17(11-16)26-2)19(24)21-15-5-3-13(4-6-15)18-12-23-7-8-27-20(23)22-18/h3-12H,1-2H3,(H,21,24). The van der Waals surface area contributed by atoms with Gasteiger partial charge in [0.1, 0.15) is 11.5 Å². The van der Waals surface area contributed by atoms with E-state index in [2.05, 4.69) is 10.3 Å². The number of aromatic nitrogens is 2. The summed E-state index contributed by atoms with van der Waals surface area (Å²) < 4.78 is 12.4. The lowest BCUT2D eigenvalue weighted by Crippen LogP contribution is -2.12. The third-order valence-electron chi connectivity index (χ3n) is 4.15. The maximum atomic E-state index is 12.6. The molecule has 0 radical (unpaired) electrons. The number of nitrogens with zero attached hydrogens (tertiary/aromatic N) is 2. The van der Waals surface area contributed by atoms with E-state index in [1.807, 2.05) is 46.4 Å². The molecule has 4 rings (SSSR count). The summed E-state index contributed by atoms with van der Waals surface area (Å²) in [6.07, 6.45) is 3.97. The molecule has 0 aliphatic heterocycles. The Balaban J connectivity index is 1.52. The SMILES string of the molecule is COc1cc(OC)cc(C(=O)Nc2ccc(-c3cn4ccsc4n3)cc2)c1. The molecule has 2 heterocycles. The molecule has 0 aliphatic carbocycles. The van der Waals surface area contributed by atoms with Gasteiger partial charge in [-0.3, -0.25) is 9.20 Å². The van der Waals surface area contributed by atoms with Gasteiger partial charge in [0.2, 0.25) is 0 Å². The van der Waals surface area contributed by atoms with Crippen molar-refractivity contribution in [1.29, 1.82) is 0 Å². The first-order valence-electron chi connectivity index (χ1n) is 8.23. The second-order valence-electron chi connectivity index (χ2n) is 5.85. The normalized spacial score (nSPS) is 10.7. The number of rotatable bonds is 5. The van der Waals surface area contributed by atoms with Gasteiger partial charge in [-0.15, -0.1) is 11.3 Å². The maximum absolute atomic E-state index is 12.6. The Kier molecular flexibility index (Phi) is 4.52. The van der Waals surface area contributed by atoms with Crippen LogP contribution in [0.3, 0.4) is 0 Å². The zero-order valence-corrected chi connectivity index (χ0v) is 15.6. The van der Waals surface area contributed by atoms with Crippen LogP contribution in [-0.4, -0.2) is 29.5 Å². The Hall–Kier alpha value is -3.32. The van der Waals surface area contributed by atoms with Crippen LogP contribution in [0.5, 0.6) is 11.5 Å². The number of imidazole rings is 1. The molecule has 1 N–H and O–H groups in total. The molecule has 2 aromatic carbocycles. The Morgan fingerprint density at radius 1 is 1.07 bits per heavy atom. The van der Waals surface area contributed by atoms with Gasteiger partial charge in [0.25, 0.3) is 5.91 Å². The molecule has 0 aliphatic rings. The Bertz CT molecular complexity index is 1050. The minimum absolute atomic E-state index is 0.234. The molecule has 136 valence electrons. The highest BCUT2D eigenvalue weighted by atomic mass is 32.1. The minimum atomic E-state index is -0.234. The number of ether oxygens (including phenoxy) is 2. The van der Waals surface area contributed by atoms with E-state index < -0.39 is 0 Å². The van der Waals surface area contributed by atoms with E-state index in [0.29, 0.717) is 22.7 Å². The van der Waals surface area contributed by atoms with Gasteiger partial charge in [0.05, 0.1) is 19.9 Å². The molecule has 0 bridgehead atoms. The van der Waals surface area contributed by atoms with Crippen LogP contribution in [0.2, 0.25) is 0 Å². The van der Waals surface area contributed by atoms with Gasteiger partial charge >= 0.3 is 0 Å². The van der Waals surface area contributed by atoms with Gasteiger partial charge < -0.3 is 14.8 Å². The summed E-state index contributed by atoms with van der Waals surface area (Å²) in [7, 11) is 3.10. The largest absolute Gasteiger partial charge is 0.497 e. The highest BCUT2D eigenvalue weighted by Gasteiger charge is 2.11. The van der Waals surface area contributed by atoms with E-state index >= 15 is 0 Å². The monoisotopic (exact) mass is 379 g/mol. The summed E-state index contributed by atoms with van der Waals surface area (Å²) >= 11 is 1.59. The molecule has 6 nitrogen and oxygen atoms in total. The van der Waals surface area contributed by atoms with Crippen LogP contribution in [0.15, 0.2) is 60.2 Å². The fourth-order valence-electron chi connectivity index (χ4n) is 2.73. The molecule has 0 unspecified atom stereocenters. The maximum Gasteiger partial charge on any atom is 0.255 e. The predicted molar refractivity (Wildman–Crippen MR) is 106 cm³/mol. The number of carbonyl (C=O) groups excluding carboxylic acids is 1. The van der Waals surface area contributed by atoms with Crippen molar-refractivity contribution in [3.05, 3.63) is 65.8 Å². The minimum Gasteiger partial charge on any atom is -0.497 e. The van der Waals surface area contributed by atoms with Crippen LogP contribution in [-0.2, 0) is 0 Å². The molecule has 27 heavy (non-hydrogen) atoms. The van der Waals surface area contributed by atoms with Crippen LogP contribution in [0.25, 0.3) is 16.2 Å². The van der Waals surface area contributed by atoms with Crippen LogP contribution in [0.4, 0.5) is 5.69 Å². The number of methoxy groups -OCH3 is 2. The molecular weight excluding hydrogens is 362 g/mol. The summed E-state index contributed by atoms with van der Waals surface area (Å²) in [6, 6.07) is 12.7. The molecule has 0 spiro atoms. The number of anilines is 1. The first-order valence-corrected chi connectivity index (χ1v) is 9.11.